The number of hydrogen-bond acceptors (Lipinski definition) is 4. The zero-order valence-corrected chi connectivity index (χ0v) is 12.9. The predicted molar refractivity (Wildman–Crippen MR) is 80.2 cm³/mol. The molecule has 0 aliphatic heterocycles. The van der Waals surface area contributed by atoms with Gasteiger partial charge in [0.15, 0.2) is 0 Å². The van der Waals surface area contributed by atoms with E-state index < -0.39 is 11.5 Å². The van der Waals surface area contributed by atoms with E-state index in [1.54, 1.807) is 32.4 Å². The molecule has 114 valence electrons. The molecule has 0 aromatic heterocycles. The fraction of sp³-hybridized carbons (Fsp3) is 0.588. The first-order valence-electron chi connectivity index (χ1n) is 7.37. The highest BCUT2D eigenvalue weighted by Crippen LogP contribution is 2.48. The lowest BCUT2D eigenvalue weighted by molar-refractivity contribution is 0.0217. The van der Waals surface area contributed by atoms with Crippen LogP contribution in [0.2, 0.25) is 0 Å². The molecule has 0 heterocycles. The Kier molecular flexibility index (Phi) is 4.74. The second-order valence-corrected chi connectivity index (χ2v) is 6.02. The normalized spacial score (nSPS) is 26.7. The smallest absolute Gasteiger partial charge is 0.122 e. The third kappa shape index (κ3) is 3.14. The molecule has 1 aliphatic rings. The largest absolute Gasteiger partial charge is 0.497 e. The molecular weight excluding hydrogens is 266 g/mol. The molecule has 3 atom stereocenters. The van der Waals surface area contributed by atoms with Gasteiger partial charge in [0, 0.05) is 6.07 Å². The molecule has 0 saturated heterocycles. The molecule has 0 spiro atoms. The Balaban J connectivity index is 2.37. The third-order valence-corrected chi connectivity index (χ3v) is 4.47. The first kappa shape index (κ1) is 15.7. The van der Waals surface area contributed by atoms with Gasteiger partial charge < -0.3 is 14.6 Å². The van der Waals surface area contributed by atoms with E-state index in [4.69, 9.17) is 9.47 Å². The minimum Gasteiger partial charge on any atom is -0.497 e. The van der Waals surface area contributed by atoms with Gasteiger partial charge in [-0.25, -0.2) is 0 Å². The second-order valence-electron chi connectivity index (χ2n) is 6.02. The predicted octanol–water partition coefficient (Wildman–Crippen LogP) is 3.46. The van der Waals surface area contributed by atoms with Crippen molar-refractivity contribution in [2.24, 2.45) is 11.3 Å². The average Bonchev–Trinajstić information content (AvgIpc) is 2.53. The van der Waals surface area contributed by atoms with Crippen molar-refractivity contribution in [3.05, 3.63) is 23.8 Å². The molecule has 1 aromatic carbocycles. The number of nitriles is 1. The quantitative estimate of drug-likeness (QED) is 0.922. The van der Waals surface area contributed by atoms with Gasteiger partial charge in [-0.3, -0.25) is 0 Å². The van der Waals surface area contributed by atoms with Crippen LogP contribution < -0.4 is 9.47 Å². The second kappa shape index (κ2) is 6.36. The summed E-state index contributed by atoms with van der Waals surface area (Å²) in [5.41, 5.74) is -0.0310. The van der Waals surface area contributed by atoms with Crippen LogP contribution >= 0.6 is 0 Å². The van der Waals surface area contributed by atoms with Gasteiger partial charge in [0.05, 0.1) is 31.8 Å². The summed E-state index contributed by atoms with van der Waals surface area (Å²) in [6.07, 6.45) is 2.73. The molecule has 21 heavy (non-hydrogen) atoms. The SMILES string of the molecule is COc1cc(OC)cc(C(O)C2(C#N)CCCC(C)C2)c1. The molecule has 0 amide bonds. The van der Waals surface area contributed by atoms with Crippen molar-refractivity contribution in [3.8, 4) is 17.6 Å². The Morgan fingerprint density at radius 2 is 1.90 bits per heavy atom. The number of aliphatic hydroxyl groups is 1. The van der Waals surface area contributed by atoms with E-state index >= 15 is 0 Å². The lowest BCUT2D eigenvalue weighted by Gasteiger charge is -2.38. The molecule has 4 heteroatoms. The van der Waals surface area contributed by atoms with Crippen molar-refractivity contribution in [3.63, 3.8) is 0 Å². The van der Waals surface area contributed by atoms with Gasteiger partial charge in [-0.05, 0) is 36.5 Å². The Morgan fingerprint density at radius 3 is 2.38 bits per heavy atom. The maximum Gasteiger partial charge on any atom is 0.122 e. The fourth-order valence-electron chi connectivity index (χ4n) is 3.31. The van der Waals surface area contributed by atoms with Gasteiger partial charge in [0.25, 0.3) is 0 Å². The third-order valence-electron chi connectivity index (χ3n) is 4.47. The minimum absolute atomic E-state index is 0.459. The summed E-state index contributed by atoms with van der Waals surface area (Å²) in [6.45, 7) is 2.14. The summed E-state index contributed by atoms with van der Waals surface area (Å²) in [5.74, 6) is 1.71. The molecule has 0 radical (unpaired) electrons. The summed E-state index contributed by atoms with van der Waals surface area (Å²) in [4.78, 5) is 0. The van der Waals surface area contributed by atoms with Crippen LogP contribution in [0.3, 0.4) is 0 Å². The Morgan fingerprint density at radius 1 is 1.29 bits per heavy atom. The molecular formula is C17H23NO3. The van der Waals surface area contributed by atoms with Crippen molar-refractivity contribution in [1.29, 1.82) is 5.26 Å². The highest BCUT2D eigenvalue weighted by molar-refractivity contribution is 5.40. The highest BCUT2D eigenvalue weighted by Gasteiger charge is 2.42. The topological polar surface area (TPSA) is 62.5 Å². The molecule has 1 aromatic rings. The number of aliphatic hydroxyl groups excluding tert-OH is 1. The molecule has 1 aliphatic carbocycles. The Hall–Kier alpha value is -1.73. The fourth-order valence-corrected chi connectivity index (χ4v) is 3.31. The maximum absolute atomic E-state index is 10.8. The molecule has 2 rings (SSSR count). The van der Waals surface area contributed by atoms with E-state index in [1.807, 2.05) is 0 Å². The first-order valence-corrected chi connectivity index (χ1v) is 7.37. The van der Waals surface area contributed by atoms with E-state index in [0.29, 0.717) is 23.0 Å². The number of hydrogen-bond donors (Lipinski definition) is 1. The number of benzene rings is 1. The van der Waals surface area contributed by atoms with Crippen molar-refractivity contribution < 1.29 is 14.6 Å². The van der Waals surface area contributed by atoms with E-state index in [-0.39, 0.29) is 0 Å². The summed E-state index contributed by atoms with van der Waals surface area (Å²) in [6, 6.07) is 7.72. The first-order chi connectivity index (χ1) is 10.0. The summed E-state index contributed by atoms with van der Waals surface area (Å²) < 4.78 is 10.5. The molecule has 1 N–H and O–H groups in total. The van der Waals surface area contributed by atoms with Gasteiger partial charge >= 0.3 is 0 Å². The van der Waals surface area contributed by atoms with Crippen molar-refractivity contribution in [2.45, 2.75) is 38.7 Å². The lowest BCUT2D eigenvalue weighted by Crippen LogP contribution is -2.33. The monoisotopic (exact) mass is 289 g/mol. The average molecular weight is 289 g/mol. The van der Waals surface area contributed by atoms with Crippen LogP contribution in [0.15, 0.2) is 18.2 Å². The molecule has 1 fully saturated rings. The van der Waals surface area contributed by atoms with Crippen LogP contribution in [0, 0.1) is 22.7 Å². The number of nitrogens with zero attached hydrogens (tertiary/aromatic N) is 1. The van der Waals surface area contributed by atoms with Gasteiger partial charge in [-0.2, -0.15) is 5.26 Å². The van der Waals surface area contributed by atoms with Gasteiger partial charge in [-0.1, -0.05) is 19.8 Å². The number of ether oxygens (including phenoxy) is 2. The van der Waals surface area contributed by atoms with Crippen LogP contribution in [-0.2, 0) is 0 Å². The van der Waals surface area contributed by atoms with Crippen LogP contribution in [-0.4, -0.2) is 19.3 Å². The van der Waals surface area contributed by atoms with E-state index in [9.17, 15) is 10.4 Å². The van der Waals surface area contributed by atoms with Crippen molar-refractivity contribution in [2.75, 3.05) is 14.2 Å². The summed E-state index contributed by atoms with van der Waals surface area (Å²) in [5, 5.41) is 20.5. The number of methoxy groups -OCH3 is 2. The lowest BCUT2D eigenvalue weighted by atomic mass is 9.66. The summed E-state index contributed by atoms with van der Waals surface area (Å²) >= 11 is 0. The molecule has 4 nitrogen and oxygen atoms in total. The van der Waals surface area contributed by atoms with Crippen LogP contribution in [0.1, 0.15) is 44.3 Å². The van der Waals surface area contributed by atoms with Gasteiger partial charge in [-0.15, -0.1) is 0 Å². The van der Waals surface area contributed by atoms with Crippen LogP contribution in [0.4, 0.5) is 0 Å². The van der Waals surface area contributed by atoms with Crippen molar-refractivity contribution >= 4 is 0 Å². The molecule has 0 bridgehead atoms. The van der Waals surface area contributed by atoms with Crippen molar-refractivity contribution in [1.82, 2.24) is 0 Å². The standard InChI is InChI=1S/C17H23NO3/c1-12-5-4-6-17(10-12,11-18)16(19)13-7-14(20-2)9-15(8-13)21-3/h7-9,12,16,19H,4-6,10H2,1-3H3. The maximum atomic E-state index is 10.8. The zero-order chi connectivity index (χ0) is 15.5. The van der Waals surface area contributed by atoms with Gasteiger partial charge in [0.1, 0.15) is 11.5 Å². The number of rotatable bonds is 4. The van der Waals surface area contributed by atoms with E-state index in [0.717, 1.165) is 25.7 Å². The van der Waals surface area contributed by atoms with Crippen LogP contribution in [0.5, 0.6) is 11.5 Å². The zero-order valence-electron chi connectivity index (χ0n) is 12.9. The molecule has 3 unspecified atom stereocenters. The summed E-state index contributed by atoms with van der Waals surface area (Å²) in [7, 11) is 3.15. The van der Waals surface area contributed by atoms with Crippen LogP contribution in [0.25, 0.3) is 0 Å². The minimum atomic E-state index is -0.825. The van der Waals surface area contributed by atoms with Gasteiger partial charge in [0.2, 0.25) is 0 Å². The Labute approximate surface area is 126 Å². The molecule has 1 saturated carbocycles. The van der Waals surface area contributed by atoms with E-state index in [1.165, 1.54) is 0 Å². The highest BCUT2D eigenvalue weighted by atomic mass is 16.5. The van der Waals surface area contributed by atoms with E-state index in [2.05, 4.69) is 13.0 Å². The Bertz CT molecular complexity index is 515.